The van der Waals surface area contributed by atoms with Crippen LogP contribution in [0, 0.1) is 25.2 Å². The van der Waals surface area contributed by atoms with Crippen molar-refractivity contribution in [3.8, 4) is 17.5 Å². The van der Waals surface area contributed by atoms with Gasteiger partial charge in [0, 0.05) is 42.2 Å². The summed E-state index contributed by atoms with van der Waals surface area (Å²) in [5.74, 6) is 0.433. The SMILES string of the molecule is COc1ccc(-n2c(C)cc(/C=C(\C#N)C(=O)NCC(C)(C)N3CCOCC3)c2C)cc1. The van der Waals surface area contributed by atoms with E-state index >= 15 is 0 Å². The zero-order chi connectivity index (χ0) is 23.3. The summed E-state index contributed by atoms with van der Waals surface area (Å²) in [7, 11) is 1.64. The third kappa shape index (κ3) is 5.21. The van der Waals surface area contributed by atoms with Crippen LogP contribution in [0.15, 0.2) is 35.9 Å². The summed E-state index contributed by atoms with van der Waals surface area (Å²) in [6.45, 7) is 11.7. The lowest BCUT2D eigenvalue weighted by atomic mass is 10.0. The molecule has 0 atom stereocenters. The number of nitrogens with one attached hydrogen (secondary N) is 1. The topological polar surface area (TPSA) is 79.5 Å². The summed E-state index contributed by atoms with van der Waals surface area (Å²) < 4.78 is 12.8. The molecule has 1 aliphatic heterocycles. The Bertz CT molecular complexity index is 1020. The van der Waals surface area contributed by atoms with Crippen LogP contribution in [0.2, 0.25) is 0 Å². The molecule has 170 valence electrons. The van der Waals surface area contributed by atoms with Crippen LogP contribution in [0.1, 0.15) is 30.8 Å². The summed E-state index contributed by atoms with van der Waals surface area (Å²) in [5, 5.41) is 12.6. The Balaban J connectivity index is 1.77. The highest BCUT2D eigenvalue weighted by Crippen LogP contribution is 2.24. The Kier molecular flexibility index (Phi) is 7.39. The van der Waals surface area contributed by atoms with Gasteiger partial charge in [-0.3, -0.25) is 9.69 Å². The molecule has 1 N–H and O–H groups in total. The Morgan fingerprint density at radius 3 is 2.50 bits per heavy atom. The first kappa shape index (κ1) is 23.6. The van der Waals surface area contributed by atoms with Crippen molar-refractivity contribution in [1.82, 2.24) is 14.8 Å². The van der Waals surface area contributed by atoms with E-state index in [4.69, 9.17) is 9.47 Å². The van der Waals surface area contributed by atoms with Crippen molar-refractivity contribution < 1.29 is 14.3 Å². The van der Waals surface area contributed by atoms with E-state index in [1.807, 2.05) is 44.2 Å². The quantitative estimate of drug-likeness (QED) is 0.532. The van der Waals surface area contributed by atoms with Crippen LogP contribution in [-0.2, 0) is 9.53 Å². The van der Waals surface area contributed by atoms with Gasteiger partial charge in [0.25, 0.3) is 5.91 Å². The summed E-state index contributed by atoms with van der Waals surface area (Å²) in [6, 6.07) is 11.8. The molecular formula is C25H32N4O3. The van der Waals surface area contributed by atoms with Gasteiger partial charge in [-0.15, -0.1) is 0 Å². The molecule has 2 heterocycles. The smallest absolute Gasteiger partial charge is 0.262 e. The molecular weight excluding hydrogens is 404 g/mol. The molecule has 3 rings (SSSR count). The van der Waals surface area contributed by atoms with Gasteiger partial charge in [-0.25, -0.2) is 0 Å². The van der Waals surface area contributed by atoms with Gasteiger partial charge in [-0.2, -0.15) is 5.26 Å². The van der Waals surface area contributed by atoms with Gasteiger partial charge in [0.1, 0.15) is 17.4 Å². The Labute approximate surface area is 190 Å². The maximum Gasteiger partial charge on any atom is 0.262 e. The second kappa shape index (κ2) is 10.0. The fourth-order valence-electron chi connectivity index (χ4n) is 4.04. The van der Waals surface area contributed by atoms with E-state index < -0.39 is 0 Å². The Morgan fingerprint density at radius 2 is 1.91 bits per heavy atom. The molecule has 32 heavy (non-hydrogen) atoms. The van der Waals surface area contributed by atoms with E-state index in [9.17, 15) is 10.1 Å². The molecule has 0 aliphatic carbocycles. The van der Waals surface area contributed by atoms with Gasteiger partial charge in [0.05, 0.1) is 20.3 Å². The van der Waals surface area contributed by atoms with E-state index in [2.05, 4.69) is 34.7 Å². The first-order chi connectivity index (χ1) is 15.3. The summed E-state index contributed by atoms with van der Waals surface area (Å²) in [6.07, 6.45) is 1.67. The maximum absolute atomic E-state index is 12.8. The van der Waals surface area contributed by atoms with Crippen molar-refractivity contribution >= 4 is 12.0 Å². The van der Waals surface area contributed by atoms with Crippen LogP contribution in [0.3, 0.4) is 0 Å². The number of benzene rings is 1. The zero-order valence-electron chi connectivity index (χ0n) is 19.6. The predicted octanol–water partition coefficient (Wildman–Crippen LogP) is 3.24. The first-order valence-electron chi connectivity index (χ1n) is 10.8. The van der Waals surface area contributed by atoms with E-state index in [0.717, 1.165) is 41.5 Å². The van der Waals surface area contributed by atoms with Crippen molar-refractivity contribution in [3.63, 3.8) is 0 Å². The van der Waals surface area contributed by atoms with E-state index in [-0.39, 0.29) is 17.0 Å². The molecule has 1 fully saturated rings. The zero-order valence-corrected chi connectivity index (χ0v) is 19.6. The number of nitriles is 1. The monoisotopic (exact) mass is 436 g/mol. The van der Waals surface area contributed by atoms with E-state index in [0.29, 0.717) is 19.8 Å². The van der Waals surface area contributed by atoms with E-state index in [1.165, 1.54) is 0 Å². The largest absolute Gasteiger partial charge is 0.497 e. The highest BCUT2D eigenvalue weighted by molar-refractivity contribution is 6.01. The molecule has 0 unspecified atom stereocenters. The summed E-state index contributed by atoms with van der Waals surface area (Å²) >= 11 is 0. The number of hydrogen-bond donors (Lipinski definition) is 1. The fraction of sp³-hybridized carbons (Fsp3) is 0.440. The molecule has 0 radical (unpaired) electrons. The molecule has 1 aliphatic rings. The minimum atomic E-state index is -0.358. The lowest BCUT2D eigenvalue weighted by Gasteiger charge is -2.40. The van der Waals surface area contributed by atoms with Crippen molar-refractivity contribution in [2.24, 2.45) is 0 Å². The number of carbonyl (C=O) groups is 1. The first-order valence-corrected chi connectivity index (χ1v) is 10.8. The number of hydrogen-bond acceptors (Lipinski definition) is 5. The molecule has 0 saturated carbocycles. The lowest BCUT2D eigenvalue weighted by Crippen LogP contribution is -2.55. The average molecular weight is 437 g/mol. The van der Waals surface area contributed by atoms with Crippen LogP contribution in [0.5, 0.6) is 5.75 Å². The second-order valence-corrected chi connectivity index (χ2v) is 8.62. The van der Waals surface area contributed by atoms with Gasteiger partial charge in [0.2, 0.25) is 0 Å². The van der Waals surface area contributed by atoms with E-state index in [1.54, 1.807) is 13.2 Å². The number of aromatic nitrogens is 1. The highest BCUT2D eigenvalue weighted by atomic mass is 16.5. The molecule has 7 nitrogen and oxygen atoms in total. The number of rotatable bonds is 7. The third-order valence-electron chi connectivity index (χ3n) is 6.01. The van der Waals surface area contributed by atoms with Gasteiger partial charge < -0.3 is 19.4 Å². The normalized spacial score (nSPS) is 15.3. The van der Waals surface area contributed by atoms with Crippen LogP contribution in [-0.4, -0.2) is 60.9 Å². The van der Waals surface area contributed by atoms with Crippen molar-refractivity contribution in [2.45, 2.75) is 33.2 Å². The minimum absolute atomic E-state index is 0.0951. The van der Waals surface area contributed by atoms with Crippen molar-refractivity contribution in [3.05, 3.63) is 52.9 Å². The number of nitrogens with zero attached hydrogens (tertiary/aromatic N) is 3. The molecule has 1 saturated heterocycles. The molecule has 7 heteroatoms. The number of aryl methyl sites for hydroxylation is 1. The molecule has 0 spiro atoms. The fourth-order valence-corrected chi connectivity index (χ4v) is 4.04. The molecule has 1 aromatic carbocycles. The van der Waals surface area contributed by atoms with Gasteiger partial charge in [-0.1, -0.05) is 0 Å². The van der Waals surface area contributed by atoms with Crippen LogP contribution < -0.4 is 10.1 Å². The molecule has 2 aromatic rings. The second-order valence-electron chi connectivity index (χ2n) is 8.62. The standard InChI is InChI=1S/C25H32N4O3/c1-18-14-20(19(2)29(18)22-6-8-23(31-5)9-7-22)15-21(16-26)24(30)27-17-25(3,4)28-10-12-32-13-11-28/h6-9,14-15H,10-13,17H2,1-5H3,(H,27,30)/b21-15+. The number of morpholine rings is 1. The van der Waals surface area contributed by atoms with Crippen LogP contribution >= 0.6 is 0 Å². The van der Waals surface area contributed by atoms with Gasteiger partial charge in [-0.05, 0) is 69.7 Å². The molecule has 1 amide bonds. The number of carbonyl (C=O) groups excluding carboxylic acids is 1. The van der Waals surface area contributed by atoms with Crippen molar-refractivity contribution in [2.75, 3.05) is 40.0 Å². The van der Waals surface area contributed by atoms with Gasteiger partial charge >= 0.3 is 0 Å². The predicted molar refractivity (Wildman–Crippen MR) is 125 cm³/mol. The lowest BCUT2D eigenvalue weighted by molar-refractivity contribution is -0.117. The Morgan fingerprint density at radius 1 is 1.25 bits per heavy atom. The maximum atomic E-state index is 12.8. The summed E-state index contributed by atoms with van der Waals surface area (Å²) in [4.78, 5) is 15.1. The highest BCUT2D eigenvalue weighted by Gasteiger charge is 2.29. The number of ether oxygens (including phenoxy) is 2. The molecule has 0 bridgehead atoms. The van der Waals surface area contributed by atoms with Crippen LogP contribution in [0.25, 0.3) is 11.8 Å². The van der Waals surface area contributed by atoms with Crippen molar-refractivity contribution in [1.29, 1.82) is 5.26 Å². The molecule has 1 aromatic heterocycles. The van der Waals surface area contributed by atoms with Crippen LogP contribution in [0.4, 0.5) is 0 Å². The summed E-state index contributed by atoms with van der Waals surface area (Å²) in [5.41, 5.74) is 3.70. The minimum Gasteiger partial charge on any atom is -0.497 e. The van der Waals surface area contributed by atoms with Gasteiger partial charge in [0.15, 0.2) is 0 Å². The Hall–Kier alpha value is -3.08. The third-order valence-corrected chi connectivity index (χ3v) is 6.01. The number of amides is 1. The average Bonchev–Trinajstić information content (AvgIpc) is 3.09. The number of methoxy groups -OCH3 is 1.